The summed E-state index contributed by atoms with van der Waals surface area (Å²) in [5.41, 5.74) is 1.44. The topological polar surface area (TPSA) is 80.8 Å². The van der Waals surface area contributed by atoms with Gasteiger partial charge in [-0.1, -0.05) is 107 Å². The van der Waals surface area contributed by atoms with E-state index >= 15 is 0 Å². The first-order chi connectivity index (χ1) is 20.3. The van der Waals surface area contributed by atoms with Crippen molar-refractivity contribution in [1.29, 1.82) is 0 Å². The highest BCUT2D eigenvalue weighted by molar-refractivity contribution is 9.10. The normalized spacial score (nSPS) is 21.2. The minimum Gasteiger partial charge on any atom is -0.424 e. The van der Waals surface area contributed by atoms with Crippen molar-refractivity contribution >= 4 is 51.0 Å². The molecule has 7 rings (SSSR count). The maximum absolute atomic E-state index is 14.7. The predicted octanol–water partition coefficient (Wildman–Crippen LogP) is 6.69. The van der Waals surface area contributed by atoms with Gasteiger partial charge in [-0.2, -0.15) is 0 Å². The van der Waals surface area contributed by atoms with Crippen LogP contribution in [0.25, 0.3) is 6.08 Å². The molecule has 0 unspecified atom stereocenters. The zero-order chi connectivity index (χ0) is 29.2. The molecule has 4 aromatic rings. The molecule has 1 spiro atoms. The summed E-state index contributed by atoms with van der Waals surface area (Å²) in [5, 5.41) is 0. The summed E-state index contributed by atoms with van der Waals surface area (Å²) in [7, 11) is 0. The van der Waals surface area contributed by atoms with Gasteiger partial charge in [0.05, 0.1) is 11.7 Å². The number of hydrogen-bond acceptors (Lipinski definition) is 6. The molecule has 0 radical (unpaired) electrons. The van der Waals surface area contributed by atoms with Gasteiger partial charge in [0.25, 0.3) is 0 Å². The summed E-state index contributed by atoms with van der Waals surface area (Å²) < 4.78 is 6.51. The standard InChI is InChI=1S/C35H24BrNO5/c1-20(38)42-27-13-7-10-22-16-19-28-35(33(40)25-11-5-6-12-26(25)34(35)41)29(21-14-17-24(36)18-15-21)31(37(28)30(22)27)32(39)23-8-3-2-4-9-23/h2-19,28-29,31H,1H3/t28-,29-,31+/m1/s1. The van der Waals surface area contributed by atoms with Crippen molar-refractivity contribution in [3.63, 3.8) is 0 Å². The van der Waals surface area contributed by atoms with Gasteiger partial charge >= 0.3 is 5.97 Å². The van der Waals surface area contributed by atoms with Crippen LogP contribution in [0.1, 0.15) is 55.0 Å². The van der Waals surface area contributed by atoms with Crippen molar-refractivity contribution in [2.24, 2.45) is 5.41 Å². The van der Waals surface area contributed by atoms with Gasteiger partial charge in [0, 0.05) is 39.6 Å². The van der Waals surface area contributed by atoms with Crippen molar-refractivity contribution < 1.29 is 23.9 Å². The Kier molecular flexibility index (Phi) is 6.10. The van der Waals surface area contributed by atoms with Crippen LogP contribution in [-0.4, -0.2) is 35.4 Å². The number of ketones is 3. The predicted molar refractivity (Wildman–Crippen MR) is 162 cm³/mol. The Labute approximate surface area is 250 Å². The fraction of sp³-hybridized carbons (Fsp3) is 0.143. The van der Waals surface area contributed by atoms with E-state index in [2.05, 4.69) is 15.9 Å². The van der Waals surface area contributed by atoms with Crippen molar-refractivity contribution in [3.8, 4) is 5.75 Å². The minimum absolute atomic E-state index is 0.235. The van der Waals surface area contributed by atoms with Crippen LogP contribution < -0.4 is 9.64 Å². The molecule has 0 amide bonds. The molecular formula is C35H24BrNO5. The summed E-state index contributed by atoms with van der Waals surface area (Å²) in [6.07, 6.45) is 3.70. The number of fused-ring (bicyclic) bond motifs is 5. The molecular weight excluding hydrogens is 594 g/mol. The number of rotatable bonds is 4. The van der Waals surface area contributed by atoms with Crippen LogP contribution in [0.15, 0.2) is 108 Å². The number of carbonyl (C=O) groups excluding carboxylic acids is 4. The number of halogens is 1. The van der Waals surface area contributed by atoms with Crippen molar-refractivity contribution in [1.82, 2.24) is 0 Å². The Morgan fingerprint density at radius 2 is 1.45 bits per heavy atom. The third-order valence-corrected chi connectivity index (χ3v) is 9.12. The lowest BCUT2D eigenvalue weighted by atomic mass is 9.64. The number of hydrogen-bond donors (Lipinski definition) is 0. The Bertz CT molecular complexity index is 1790. The van der Waals surface area contributed by atoms with Crippen LogP contribution >= 0.6 is 15.9 Å². The summed E-state index contributed by atoms with van der Waals surface area (Å²) in [5.74, 6) is -1.96. The Morgan fingerprint density at radius 3 is 2.10 bits per heavy atom. The molecule has 1 saturated heterocycles. The second-order valence-corrected chi connectivity index (χ2v) is 11.7. The molecule has 4 aromatic carbocycles. The molecule has 1 fully saturated rings. The van der Waals surface area contributed by atoms with Gasteiger partial charge < -0.3 is 9.64 Å². The van der Waals surface area contributed by atoms with Gasteiger partial charge in [-0.05, 0) is 23.8 Å². The summed E-state index contributed by atoms with van der Waals surface area (Å²) in [6, 6.07) is 26.7. The number of benzene rings is 4. The summed E-state index contributed by atoms with van der Waals surface area (Å²) in [6.45, 7) is 1.32. The quantitative estimate of drug-likeness (QED) is 0.110. The summed E-state index contributed by atoms with van der Waals surface area (Å²) >= 11 is 3.50. The van der Waals surface area contributed by atoms with Gasteiger partial charge in [0.1, 0.15) is 11.5 Å². The molecule has 2 heterocycles. The van der Waals surface area contributed by atoms with Crippen LogP contribution in [0.4, 0.5) is 5.69 Å². The van der Waals surface area contributed by atoms with Crippen LogP contribution in [0.3, 0.4) is 0 Å². The van der Waals surface area contributed by atoms with E-state index < -0.39 is 29.4 Å². The smallest absolute Gasteiger partial charge is 0.308 e. The van der Waals surface area contributed by atoms with Crippen LogP contribution in [0.5, 0.6) is 5.75 Å². The molecule has 206 valence electrons. The fourth-order valence-electron chi connectivity index (χ4n) is 7.04. The second kappa shape index (κ2) is 9.74. The zero-order valence-electron chi connectivity index (χ0n) is 22.5. The lowest BCUT2D eigenvalue weighted by Gasteiger charge is -2.37. The lowest BCUT2D eigenvalue weighted by Crippen LogP contribution is -2.48. The number of anilines is 1. The number of para-hydroxylation sites is 1. The molecule has 2 aliphatic heterocycles. The van der Waals surface area contributed by atoms with E-state index in [1.165, 1.54) is 6.92 Å². The number of ether oxygens (including phenoxy) is 1. The Morgan fingerprint density at radius 1 is 0.810 bits per heavy atom. The molecule has 0 bridgehead atoms. The van der Waals surface area contributed by atoms with E-state index in [1.807, 2.05) is 53.5 Å². The lowest BCUT2D eigenvalue weighted by molar-refractivity contribution is -0.131. The van der Waals surface area contributed by atoms with Gasteiger partial charge in [-0.15, -0.1) is 0 Å². The first-order valence-electron chi connectivity index (χ1n) is 13.7. The van der Waals surface area contributed by atoms with Crippen LogP contribution in [-0.2, 0) is 4.79 Å². The number of Topliss-reactive ketones (excluding diaryl/α,β-unsaturated/α-hetero) is 3. The molecule has 3 atom stereocenters. The molecule has 0 saturated carbocycles. The Balaban J connectivity index is 1.57. The van der Waals surface area contributed by atoms with Crippen LogP contribution in [0, 0.1) is 5.41 Å². The average Bonchev–Trinajstić information content (AvgIpc) is 3.43. The third kappa shape index (κ3) is 3.63. The van der Waals surface area contributed by atoms with Gasteiger partial charge in [-0.25, -0.2) is 0 Å². The monoisotopic (exact) mass is 617 g/mol. The third-order valence-electron chi connectivity index (χ3n) is 8.60. The highest BCUT2D eigenvalue weighted by Crippen LogP contribution is 2.62. The maximum atomic E-state index is 14.7. The molecule has 0 N–H and O–H groups in total. The van der Waals surface area contributed by atoms with Crippen molar-refractivity contribution in [2.75, 3.05) is 4.90 Å². The molecule has 6 nitrogen and oxygen atoms in total. The highest BCUT2D eigenvalue weighted by atomic mass is 79.9. The van der Waals surface area contributed by atoms with Gasteiger partial charge in [-0.3, -0.25) is 19.2 Å². The fourth-order valence-corrected chi connectivity index (χ4v) is 7.30. The van der Waals surface area contributed by atoms with Gasteiger partial charge in [0.2, 0.25) is 0 Å². The molecule has 3 aliphatic rings. The highest BCUT2D eigenvalue weighted by Gasteiger charge is 2.71. The van der Waals surface area contributed by atoms with Gasteiger partial charge in [0.15, 0.2) is 23.1 Å². The minimum atomic E-state index is -1.63. The van der Waals surface area contributed by atoms with E-state index in [1.54, 1.807) is 60.7 Å². The van der Waals surface area contributed by atoms with E-state index in [4.69, 9.17) is 4.74 Å². The second-order valence-electron chi connectivity index (χ2n) is 10.8. The number of nitrogens with zero attached hydrogens (tertiary/aromatic N) is 1. The largest absolute Gasteiger partial charge is 0.424 e. The SMILES string of the molecule is CC(=O)Oc1cccc2c1N1[C@H](C(=O)c3ccccc3)[C@@H](c3ccc(Br)cc3)C3(C(=O)c4ccccc4C3=O)[C@H]1C=C2. The van der Waals surface area contributed by atoms with E-state index in [0.29, 0.717) is 27.9 Å². The van der Waals surface area contributed by atoms with E-state index in [0.717, 1.165) is 10.0 Å². The first kappa shape index (κ1) is 26.3. The molecule has 42 heavy (non-hydrogen) atoms. The zero-order valence-corrected chi connectivity index (χ0v) is 24.1. The number of esters is 1. The molecule has 7 heteroatoms. The maximum Gasteiger partial charge on any atom is 0.308 e. The van der Waals surface area contributed by atoms with Crippen molar-refractivity contribution in [2.45, 2.75) is 24.9 Å². The molecule has 1 aliphatic carbocycles. The Hall–Kier alpha value is -4.62. The van der Waals surface area contributed by atoms with Crippen LogP contribution in [0.2, 0.25) is 0 Å². The van der Waals surface area contributed by atoms with Crippen molar-refractivity contribution in [3.05, 3.63) is 135 Å². The number of carbonyl (C=O) groups is 4. The first-order valence-corrected chi connectivity index (χ1v) is 14.4. The van der Waals surface area contributed by atoms with E-state index in [9.17, 15) is 19.2 Å². The average molecular weight is 618 g/mol. The van der Waals surface area contributed by atoms with E-state index in [-0.39, 0.29) is 23.1 Å². The summed E-state index contributed by atoms with van der Waals surface area (Å²) in [4.78, 5) is 58.2. The molecule has 0 aromatic heterocycles.